The van der Waals surface area contributed by atoms with Crippen molar-refractivity contribution in [1.29, 1.82) is 0 Å². The molecule has 0 saturated heterocycles. The van der Waals surface area contributed by atoms with Crippen LogP contribution in [0, 0.1) is 11.6 Å². The average Bonchev–Trinajstić information content (AvgIpc) is 2.25. The van der Waals surface area contributed by atoms with E-state index < -0.39 is 23.6 Å². The number of benzene rings is 1. The fourth-order valence-electron chi connectivity index (χ4n) is 1.24. The normalized spacial score (nSPS) is 12.3. The molecule has 0 aromatic heterocycles. The molecule has 6 heteroatoms. The van der Waals surface area contributed by atoms with Crippen LogP contribution in [0.25, 0.3) is 0 Å². The van der Waals surface area contributed by atoms with Crippen molar-refractivity contribution in [1.82, 2.24) is 5.32 Å². The van der Waals surface area contributed by atoms with Gasteiger partial charge in [0.25, 0.3) is 0 Å². The summed E-state index contributed by atoms with van der Waals surface area (Å²) in [5.41, 5.74) is -0.0201. The minimum Gasteiger partial charge on any atom is -0.394 e. The summed E-state index contributed by atoms with van der Waals surface area (Å²) in [6.45, 7) is 1.40. The van der Waals surface area contributed by atoms with Gasteiger partial charge in [-0.05, 0) is 35.0 Å². The molecule has 1 rings (SSSR count). The summed E-state index contributed by atoms with van der Waals surface area (Å²) in [6.07, 6.45) is -0.264. The van der Waals surface area contributed by atoms with Gasteiger partial charge in [-0.3, -0.25) is 4.79 Å². The number of hydrogen-bond donors (Lipinski definition) is 2. The molecule has 1 amide bonds. The smallest absolute Gasteiger partial charge is 0.224 e. The van der Waals surface area contributed by atoms with Crippen LogP contribution in [0.5, 0.6) is 0 Å². The van der Waals surface area contributed by atoms with Gasteiger partial charge in [-0.1, -0.05) is 0 Å². The third-order valence-corrected chi connectivity index (χ3v) is 2.73. The first-order chi connectivity index (χ1) is 7.93. The van der Waals surface area contributed by atoms with E-state index in [1.54, 1.807) is 6.92 Å². The number of amides is 1. The molecule has 1 aromatic rings. The second kappa shape index (κ2) is 6.07. The lowest BCUT2D eigenvalue weighted by molar-refractivity contribution is -0.121. The van der Waals surface area contributed by atoms with Crippen molar-refractivity contribution in [2.45, 2.75) is 19.4 Å². The van der Waals surface area contributed by atoms with E-state index in [0.29, 0.717) is 0 Å². The average molecular weight is 308 g/mol. The molecule has 0 unspecified atom stereocenters. The number of aliphatic hydroxyl groups excluding tert-OH is 1. The van der Waals surface area contributed by atoms with E-state index in [-0.39, 0.29) is 23.1 Å². The van der Waals surface area contributed by atoms with Crippen LogP contribution in [0.1, 0.15) is 12.5 Å². The van der Waals surface area contributed by atoms with Gasteiger partial charge in [0.05, 0.1) is 17.5 Å². The molecule has 0 fully saturated rings. The Kier molecular flexibility index (Phi) is 5.02. The summed E-state index contributed by atoms with van der Waals surface area (Å²) in [5, 5.41) is 11.2. The van der Waals surface area contributed by atoms with Crippen molar-refractivity contribution < 1.29 is 18.7 Å². The maximum Gasteiger partial charge on any atom is 0.224 e. The van der Waals surface area contributed by atoms with E-state index in [1.165, 1.54) is 0 Å². The lowest BCUT2D eigenvalue weighted by atomic mass is 10.1. The minimum atomic E-state index is -0.648. The fraction of sp³-hybridized carbons (Fsp3) is 0.364. The number of hydrogen-bond acceptors (Lipinski definition) is 2. The van der Waals surface area contributed by atoms with Crippen LogP contribution < -0.4 is 5.32 Å². The monoisotopic (exact) mass is 307 g/mol. The molecule has 1 atom stereocenters. The zero-order valence-corrected chi connectivity index (χ0v) is 10.7. The largest absolute Gasteiger partial charge is 0.394 e. The van der Waals surface area contributed by atoms with E-state index in [2.05, 4.69) is 21.2 Å². The Morgan fingerprint density at radius 1 is 1.47 bits per heavy atom. The molecule has 0 radical (unpaired) electrons. The number of halogens is 3. The lowest BCUT2D eigenvalue weighted by Gasteiger charge is -2.11. The first kappa shape index (κ1) is 14.1. The molecule has 0 spiro atoms. The summed E-state index contributed by atoms with van der Waals surface area (Å²) >= 11 is 2.85. The summed E-state index contributed by atoms with van der Waals surface area (Å²) in [4.78, 5) is 11.4. The van der Waals surface area contributed by atoms with Crippen molar-refractivity contribution in [2.75, 3.05) is 6.61 Å². The molecular weight excluding hydrogens is 296 g/mol. The van der Waals surface area contributed by atoms with Crippen LogP contribution in [-0.4, -0.2) is 23.7 Å². The molecule has 0 saturated carbocycles. The quantitative estimate of drug-likeness (QED) is 0.833. The highest BCUT2D eigenvalue weighted by Crippen LogP contribution is 2.20. The maximum absolute atomic E-state index is 13.4. The van der Waals surface area contributed by atoms with Gasteiger partial charge < -0.3 is 10.4 Å². The summed E-state index contributed by atoms with van der Waals surface area (Å²) in [5.74, 6) is -1.73. The molecule has 1 aromatic carbocycles. The van der Waals surface area contributed by atoms with Crippen molar-refractivity contribution in [3.05, 3.63) is 33.8 Å². The Morgan fingerprint density at radius 3 is 2.71 bits per heavy atom. The van der Waals surface area contributed by atoms with E-state index in [9.17, 15) is 13.6 Å². The predicted octanol–water partition coefficient (Wildman–Crippen LogP) is 1.77. The first-order valence-corrected chi connectivity index (χ1v) is 5.77. The van der Waals surface area contributed by atoms with E-state index >= 15 is 0 Å². The molecule has 2 N–H and O–H groups in total. The van der Waals surface area contributed by atoms with Gasteiger partial charge >= 0.3 is 0 Å². The van der Waals surface area contributed by atoms with Crippen molar-refractivity contribution in [3.63, 3.8) is 0 Å². The zero-order valence-electron chi connectivity index (χ0n) is 9.14. The SMILES string of the molecule is C[C@H](CO)NC(=O)Cc1cc(F)c(Br)cc1F. The molecule has 3 nitrogen and oxygen atoms in total. The van der Waals surface area contributed by atoms with Gasteiger partial charge in [0.15, 0.2) is 0 Å². The van der Waals surface area contributed by atoms with Gasteiger partial charge in [0.1, 0.15) is 11.6 Å². The molecule has 0 aliphatic rings. The molecule has 0 aliphatic carbocycles. The highest BCUT2D eigenvalue weighted by Gasteiger charge is 2.13. The highest BCUT2D eigenvalue weighted by atomic mass is 79.9. The highest BCUT2D eigenvalue weighted by molar-refractivity contribution is 9.10. The van der Waals surface area contributed by atoms with Crippen LogP contribution in [0.3, 0.4) is 0 Å². The number of carbonyl (C=O) groups is 1. The Bertz CT molecular complexity index is 426. The maximum atomic E-state index is 13.4. The van der Waals surface area contributed by atoms with Gasteiger partial charge in [-0.2, -0.15) is 0 Å². The first-order valence-electron chi connectivity index (χ1n) is 4.97. The zero-order chi connectivity index (χ0) is 13.0. The van der Waals surface area contributed by atoms with E-state index in [1.807, 2.05) is 0 Å². The van der Waals surface area contributed by atoms with Crippen molar-refractivity contribution in [2.24, 2.45) is 0 Å². The molecule has 17 heavy (non-hydrogen) atoms. The Morgan fingerprint density at radius 2 is 2.12 bits per heavy atom. The second-order valence-electron chi connectivity index (χ2n) is 3.69. The van der Waals surface area contributed by atoms with Crippen LogP contribution in [0.2, 0.25) is 0 Å². The van der Waals surface area contributed by atoms with Crippen LogP contribution >= 0.6 is 15.9 Å². The van der Waals surface area contributed by atoms with Crippen LogP contribution in [0.4, 0.5) is 8.78 Å². The lowest BCUT2D eigenvalue weighted by Crippen LogP contribution is -2.36. The number of carbonyl (C=O) groups excluding carboxylic acids is 1. The summed E-state index contributed by atoms with van der Waals surface area (Å²) < 4.78 is 26.6. The molecule has 0 heterocycles. The second-order valence-corrected chi connectivity index (χ2v) is 4.54. The van der Waals surface area contributed by atoms with Gasteiger partial charge in [-0.25, -0.2) is 8.78 Å². The van der Waals surface area contributed by atoms with Crippen molar-refractivity contribution in [3.8, 4) is 0 Å². The Labute approximate surface area is 106 Å². The standard InChI is InChI=1S/C11H12BrF2NO2/c1-6(5-16)15-11(17)3-7-2-10(14)8(12)4-9(7)13/h2,4,6,16H,3,5H2,1H3,(H,15,17)/t6-/m1/s1. The van der Waals surface area contributed by atoms with Crippen LogP contribution in [0.15, 0.2) is 16.6 Å². The Balaban J connectivity index is 2.75. The molecule has 0 bridgehead atoms. The minimum absolute atomic E-state index is 0.0166. The van der Waals surface area contributed by atoms with Crippen LogP contribution in [-0.2, 0) is 11.2 Å². The van der Waals surface area contributed by atoms with Gasteiger partial charge in [0.2, 0.25) is 5.91 Å². The molecule has 0 aliphatic heterocycles. The van der Waals surface area contributed by atoms with Gasteiger partial charge in [0, 0.05) is 11.6 Å². The number of aliphatic hydroxyl groups is 1. The fourth-order valence-corrected chi connectivity index (χ4v) is 1.56. The predicted molar refractivity (Wildman–Crippen MR) is 62.5 cm³/mol. The van der Waals surface area contributed by atoms with Gasteiger partial charge in [-0.15, -0.1) is 0 Å². The molecule has 94 valence electrons. The topological polar surface area (TPSA) is 49.3 Å². The Hall–Kier alpha value is -1.01. The number of nitrogens with one attached hydrogen (secondary N) is 1. The van der Waals surface area contributed by atoms with Crippen molar-refractivity contribution >= 4 is 21.8 Å². The third-order valence-electron chi connectivity index (χ3n) is 2.12. The van der Waals surface area contributed by atoms with E-state index in [4.69, 9.17) is 5.11 Å². The summed E-state index contributed by atoms with van der Waals surface area (Å²) in [7, 11) is 0. The number of rotatable bonds is 4. The summed E-state index contributed by atoms with van der Waals surface area (Å²) in [6, 6.07) is 1.54. The third kappa shape index (κ3) is 4.05. The molecular formula is C11H12BrF2NO2. The van der Waals surface area contributed by atoms with E-state index in [0.717, 1.165) is 12.1 Å².